The van der Waals surface area contributed by atoms with Gasteiger partial charge in [-0.3, -0.25) is 4.90 Å². The van der Waals surface area contributed by atoms with Crippen molar-refractivity contribution in [3.63, 3.8) is 0 Å². The van der Waals surface area contributed by atoms with Gasteiger partial charge in [-0.2, -0.15) is 5.26 Å². The molecule has 4 nitrogen and oxygen atoms in total. The highest BCUT2D eigenvalue weighted by molar-refractivity contribution is 5.50. The van der Waals surface area contributed by atoms with Crippen molar-refractivity contribution in [3.8, 4) is 6.07 Å². The van der Waals surface area contributed by atoms with E-state index >= 15 is 0 Å². The lowest BCUT2D eigenvalue weighted by Crippen LogP contribution is -2.45. The number of ether oxygens (including phenoxy) is 1. The van der Waals surface area contributed by atoms with Gasteiger partial charge in [-0.25, -0.2) is 0 Å². The summed E-state index contributed by atoms with van der Waals surface area (Å²) >= 11 is 0. The number of likely N-dealkylation sites (N-methyl/N-ethyl adjacent to an activating group) is 1. The number of benzene rings is 1. The fourth-order valence-corrected chi connectivity index (χ4v) is 4.13. The van der Waals surface area contributed by atoms with E-state index in [0.29, 0.717) is 6.04 Å². The smallest absolute Gasteiger partial charge is 0.0991 e. The van der Waals surface area contributed by atoms with Crippen LogP contribution >= 0.6 is 0 Å². The van der Waals surface area contributed by atoms with Gasteiger partial charge in [-0.1, -0.05) is 0 Å². The molecule has 1 aromatic rings. The van der Waals surface area contributed by atoms with Gasteiger partial charge in [0.25, 0.3) is 0 Å². The summed E-state index contributed by atoms with van der Waals surface area (Å²) in [6, 6.07) is 11.6. The molecule has 1 spiro atoms. The molecule has 4 rings (SSSR count). The van der Waals surface area contributed by atoms with Crippen LogP contribution in [0.15, 0.2) is 24.3 Å². The summed E-state index contributed by atoms with van der Waals surface area (Å²) in [5.74, 6) is 0. The Labute approximate surface area is 138 Å². The first-order chi connectivity index (χ1) is 11.2. The van der Waals surface area contributed by atoms with Crippen LogP contribution < -0.4 is 4.90 Å². The fraction of sp³-hybridized carbons (Fsp3) is 0.632. The third kappa shape index (κ3) is 2.96. The van der Waals surface area contributed by atoms with Crippen LogP contribution in [0.1, 0.15) is 37.7 Å². The molecule has 0 aromatic heterocycles. The van der Waals surface area contributed by atoms with Crippen molar-refractivity contribution in [2.24, 2.45) is 0 Å². The van der Waals surface area contributed by atoms with Gasteiger partial charge >= 0.3 is 0 Å². The van der Waals surface area contributed by atoms with Crippen LogP contribution in [0.4, 0.5) is 5.69 Å². The monoisotopic (exact) mass is 311 g/mol. The summed E-state index contributed by atoms with van der Waals surface area (Å²) in [6.07, 6.45) is 6.16. The van der Waals surface area contributed by atoms with Crippen molar-refractivity contribution in [2.75, 3.05) is 31.6 Å². The molecular weight excluding hydrogens is 286 g/mol. The molecule has 122 valence electrons. The first-order valence-electron chi connectivity index (χ1n) is 8.80. The predicted octanol–water partition coefficient (Wildman–Crippen LogP) is 2.78. The molecule has 0 N–H and O–H groups in total. The minimum absolute atomic E-state index is 0.108. The van der Waals surface area contributed by atoms with Crippen LogP contribution in [0.2, 0.25) is 0 Å². The van der Waals surface area contributed by atoms with Gasteiger partial charge in [0.2, 0.25) is 0 Å². The van der Waals surface area contributed by atoms with Crippen LogP contribution in [0.3, 0.4) is 0 Å². The fourth-order valence-electron chi connectivity index (χ4n) is 4.13. The quantitative estimate of drug-likeness (QED) is 0.860. The molecule has 2 saturated heterocycles. The minimum Gasteiger partial charge on any atom is -0.373 e. The number of rotatable bonds is 3. The summed E-state index contributed by atoms with van der Waals surface area (Å²) in [5, 5.41) is 8.91. The zero-order chi connectivity index (χ0) is 15.9. The highest BCUT2D eigenvalue weighted by Crippen LogP contribution is 2.40. The first kappa shape index (κ1) is 15.0. The Morgan fingerprint density at radius 2 is 1.87 bits per heavy atom. The highest BCUT2D eigenvalue weighted by atomic mass is 16.5. The normalized spacial score (nSPS) is 26.7. The van der Waals surface area contributed by atoms with Crippen molar-refractivity contribution in [3.05, 3.63) is 29.8 Å². The molecular formula is C19H25N3O. The number of hydrogen-bond acceptors (Lipinski definition) is 4. The maximum Gasteiger partial charge on any atom is 0.0991 e. The third-order valence-corrected chi connectivity index (χ3v) is 5.92. The van der Waals surface area contributed by atoms with Gasteiger partial charge in [-0.15, -0.1) is 0 Å². The van der Waals surface area contributed by atoms with E-state index < -0.39 is 0 Å². The Hall–Kier alpha value is -1.57. The molecule has 2 heterocycles. The van der Waals surface area contributed by atoms with E-state index in [4.69, 9.17) is 10.00 Å². The van der Waals surface area contributed by atoms with Gasteiger partial charge in [-0.05, 0) is 63.4 Å². The van der Waals surface area contributed by atoms with Gasteiger partial charge in [0.15, 0.2) is 0 Å². The Morgan fingerprint density at radius 3 is 2.48 bits per heavy atom. The maximum absolute atomic E-state index is 8.91. The van der Waals surface area contributed by atoms with Gasteiger partial charge in [0, 0.05) is 30.9 Å². The second kappa shape index (κ2) is 5.81. The van der Waals surface area contributed by atoms with Crippen LogP contribution in [-0.4, -0.2) is 49.3 Å². The Balaban J connectivity index is 1.36. The van der Waals surface area contributed by atoms with Gasteiger partial charge in [0.05, 0.1) is 23.8 Å². The minimum atomic E-state index is 0.108. The van der Waals surface area contributed by atoms with Crippen LogP contribution in [0.25, 0.3) is 0 Å². The van der Waals surface area contributed by atoms with Gasteiger partial charge < -0.3 is 9.64 Å². The van der Waals surface area contributed by atoms with E-state index in [9.17, 15) is 0 Å². The van der Waals surface area contributed by atoms with E-state index in [1.54, 1.807) is 0 Å². The highest BCUT2D eigenvalue weighted by Gasteiger charge is 2.45. The lowest BCUT2D eigenvalue weighted by molar-refractivity contribution is -0.0157. The average molecular weight is 311 g/mol. The Kier molecular flexibility index (Phi) is 3.79. The van der Waals surface area contributed by atoms with E-state index in [0.717, 1.165) is 44.1 Å². The molecule has 3 fully saturated rings. The SMILES string of the molecule is CN(C1CC1)C1COC2(CCN(c3ccc(C#N)cc3)CC2)C1. The summed E-state index contributed by atoms with van der Waals surface area (Å²) in [6.45, 7) is 3.00. The lowest BCUT2D eigenvalue weighted by atomic mass is 9.87. The number of nitriles is 1. The number of piperidine rings is 1. The van der Waals surface area contributed by atoms with Crippen molar-refractivity contribution in [2.45, 2.75) is 49.8 Å². The molecule has 1 unspecified atom stereocenters. The van der Waals surface area contributed by atoms with Crippen molar-refractivity contribution in [1.82, 2.24) is 4.90 Å². The molecule has 0 amide bonds. The first-order valence-corrected chi connectivity index (χ1v) is 8.80. The van der Waals surface area contributed by atoms with E-state index in [2.05, 4.69) is 35.0 Å². The van der Waals surface area contributed by atoms with E-state index in [1.165, 1.54) is 24.9 Å². The maximum atomic E-state index is 8.91. The van der Waals surface area contributed by atoms with Crippen LogP contribution in [0, 0.1) is 11.3 Å². The molecule has 1 atom stereocenters. The Bertz CT molecular complexity index is 594. The van der Waals surface area contributed by atoms with Crippen LogP contribution in [-0.2, 0) is 4.74 Å². The molecule has 1 aromatic carbocycles. The predicted molar refractivity (Wildman–Crippen MR) is 90.5 cm³/mol. The molecule has 1 aliphatic carbocycles. The zero-order valence-corrected chi connectivity index (χ0v) is 13.9. The molecule has 2 aliphatic heterocycles. The summed E-state index contributed by atoms with van der Waals surface area (Å²) < 4.78 is 6.30. The zero-order valence-electron chi connectivity index (χ0n) is 13.9. The largest absolute Gasteiger partial charge is 0.373 e. The molecule has 4 heteroatoms. The second-order valence-electron chi connectivity index (χ2n) is 7.39. The van der Waals surface area contributed by atoms with Crippen molar-refractivity contribution >= 4 is 5.69 Å². The number of hydrogen-bond donors (Lipinski definition) is 0. The summed E-state index contributed by atoms with van der Waals surface area (Å²) in [4.78, 5) is 4.98. The van der Waals surface area contributed by atoms with E-state index in [-0.39, 0.29) is 5.60 Å². The molecule has 0 bridgehead atoms. The topological polar surface area (TPSA) is 39.5 Å². The third-order valence-electron chi connectivity index (χ3n) is 5.92. The van der Waals surface area contributed by atoms with Crippen molar-refractivity contribution in [1.29, 1.82) is 5.26 Å². The van der Waals surface area contributed by atoms with E-state index in [1.807, 2.05) is 12.1 Å². The Morgan fingerprint density at radius 1 is 1.17 bits per heavy atom. The molecule has 23 heavy (non-hydrogen) atoms. The second-order valence-corrected chi connectivity index (χ2v) is 7.39. The molecule has 3 aliphatic rings. The summed E-state index contributed by atoms with van der Waals surface area (Å²) in [5.41, 5.74) is 2.06. The average Bonchev–Trinajstić information content (AvgIpc) is 3.37. The number of nitrogens with zero attached hydrogens (tertiary/aromatic N) is 3. The van der Waals surface area contributed by atoms with Crippen molar-refractivity contribution < 1.29 is 4.74 Å². The molecule has 0 radical (unpaired) electrons. The number of anilines is 1. The summed E-state index contributed by atoms with van der Waals surface area (Å²) in [7, 11) is 2.27. The molecule has 1 saturated carbocycles. The standard InChI is InChI=1S/C19H25N3O/c1-21(16-6-7-16)18-12-19(23-14-18)8-10-22(11-9-19)17-4-2-15(13-20)3-5-17/h2-5,16,18H,6-12,14H2,1H3. The lowest BCUT2D eigenvalue weighted by Gasteiger charge is -2.40. The van der Waals surface area contributed by atoms with Crippen LogP contribution in [0.5, 0.6) is 0 Å². The van der Waals surface area contributed by atoms with Gasteiger partial charge in [0.1, 0.15) is 0 Å².